The summed E-state index contributed by atoms with van der Waals surface area (Å²) in [4.78, 5) is 43.6. The van der Waals surface area contributed by atoms with E-state index in [2.05, 4.69) is 10.6 Å². The van der Waals surface area contributed by atoms with Crippen molar-refractivity contribution >= 4 is 23.7 Å². The van der Waals surface area contributed by atoms with Gasteiger partial charge in [0.05, 0.1) is 19.0 Å². The minimum Gasteiger partial charge on any atom is -0.481 e. The lowest BCUT2D eigenvalue weighted by Crippen LogP contribution is -2.50. The highest BCUT2D eigenvalue weighted by Crippen LogP contribution is 1.91. The second kappa shape index (κ2) is 7.22. The summed E-state index contributed by atoms with van der Waals surface area (Å²) in [5.41, 5.74) is 10.2. The van der Waals surface area contributed by atoms with Crippen LogP contribution in [-0.2, 0) is 19.2 Å². The third-order valence-electron chi connectivity index (χ3n) is 1.89. The predicted octanol–water partition coefficient (Wildman–Crippen LogP) is -3.11. The van der Waals surface area contributed by atoms with Crippen LogP contribution in [0.15, 0.2) is 0 Å². The first kappa shape index (κ1) is 15.8. The lowest BCUT2D eigenvalue weighted by molar-refractivity contribution is -0.140. The number of nitrogens with one attached hydrogen (secondary N) is 2. The van der Waals surface area contributed by atoms with Gasteiger partial charge >= 0.3 is 5.97 Å². The number of carboxylic acids is 1. The molecule has 0 aromatic rings. The molecule has 0 spiro atoms. The number of primary amides is 1. The first-order valence-electron chi connectivity index (χ1n) is 5.07. The predicted molar refractivity (Wildman–Crippen MR) is 60.0 cm³/mol. The Balaban J connectivity index is 4.22. The lowest BCUT2D eigenvalue weighted by atomic mass is 10.2. The van der Waals surface area contributed by atoms with Crippen molar-refractivity contribution < 1.29 is 24.3 Å². The van der Waals surface area contributed by atoms with Gasteiger partial charge in [0.25, 0.3) is 0 Å². The summed E-state index contributed by atoms with van der Waals surface area (Å²) in [6.07, 6.45) is -0.623. The summed E-state index contributed by atoms with van der Waals surface area (Å²) >= 11 is 0. The fraction of sp³-hybridized carbons (Fsp3) is 0.556. The molecule has 7 N–H and O–H groups in total. The van der Waals surface area contributed by atoms with E-state index in [0.717, 1.165) is 0 Å². The largest absolute Gasteiger partial charge is 0.481 e. The monoisotopic (exact) mass is 260 g/mol. The van der Waals surface area contributed by atoms with Crippen molar-refractivity contribution in [2.75, 3.05) is 6.54 Å². The second-order valence-corrected chi connectivity index (χ2v) is 3.63. The molecule has 0 aliphatic rings. The Hall–Kier alpha value is -2.16. The van der Waals surface area contributed by atoms with E-state index in [9.17, 15) is 19.2 Å². The minimum absolute atomic E-state index is 0.413. The molecule has 0 saturated heterocycles. The van der Waals surface area contributed by atoms with Crippen molar-refractivity contribution in [3.8, 4) is 0 Å². The van der Waals surface area contributed by atoms with Gasteiger partial charge in [-0.15, -0.1) is 0 Å². The molecule has 0 rings (SSSR count). The van der Waals surface area contributed by atoms with E-state index in [0.29, 0.717) is 0 Å². The Morgan fingerprint density at radius 1 is 1.28 bits per heavy atom. The van der Waals surface area contributed by atoms with Gasteiger partial charge in [-0.1, -0.05) is 0 Å². The van der Waals surface area contributed by atoms with Crippen molar-refractivity contribution in [1.29, 1.82) is 0 Å². The molecule has 0 bridgehead atoms. The third kappa shape index (κ3) is 6.43. The summed E-state index contributed by atoms with van der Waals surface area (Å²) in [7, 11) is 0. The Labute approximate surface area is 103 Å². The molecule has 9 heteroatoms. The summed E-state index contributed by atoms with van der Waals surface area (Å²) < 4.78 is 0. The molecule has 0 aliphatic heterocycles. The Morgan fingerprint density at radius 3 is 2.22 bits per heavy atom. The summed E-state index contributed by atoms with van der Waals surface area (Å²) in [6.45, 7) is 1.02. The minimum atomic E-state index is -1.32. The number of carbonyl (C=O) groups is 4. The van der Waals surface area contributed by atoms with Crippen molar-refractivity contribution in [2.45, 2.75) is 25.4 Å². The number of carboxylic acid groups (broad SMARTS) is 1. The maximum atomic E-state index is 11.3. The molecule has 3 amide bonds. The molecule has 0 unspecified atom stereocenters. The van der Waals surface area contributed by atoms with Gasteiger partial charge in [-0.3, -0.25) is 19.2 Å². The van der Waals surface area contributed by atoms with Crippen LogP contribution < -0.4 is 22.1 Å². The van der Waals surface area contributed by atoms with Crippen LogP contribution in [0.1, 0.15) is 13.3 Å². The van der Waals surface area contributed by atoms with Crippen LogP contribution in [0.4, 0.5) is 0 Å². The normalized spacial score (nSPS) is 13.2. The van der Waals surface area contributed by atoms with Gasteiger partial charge in [0, 0.05) is 0 Å². The van der Waals surface area contributed by atoms with Crippen LogP contribution in [0.2, 0.25) is 0 Å². The number of nitrogens with two attached hydrogens (primary N) is 2. The molecule has 0 fully saturated rings. The van der Waals surface area contributed by atoms with Crippen LogP contribution in [0.25, 0.3) is 0 Å². The van der Waals surface area contributed by atoms with E-state index < -0.39 is 48.7 Å². The molecule has 2 atom stereocenters. The van der Waals surface area contributed by atoms with Crippen molar-refractivity contribution in [3.05, 3.63) is 0 Å². The fourth-order valence-electron chi connectivity index (χ4n) is 0.971. The third-order valence-corrected chi connectivity index (χ3v) is 1.89. The number of carbonyl (C=O) groups excluding carboxylic acids is 3. The molecule has 0 heterocycles. The number of aliphatic carboxylic acids is 1. The highest BCUT2D eigenvalue weighted by atomic mass is 16.4. The molecule has 0 aromatic heterocycles. The second-order valence-electron chi connectivity index (χ2n) is 3.63. The van der Waals surface area contributed by atoms with Crippen molar-refractivity contribution in [3.63, 3.8) is 0 Å². The quantitative estimate of drug-likeness (QED) is 0.325. The van der Waals surface area contributed by atoms with E-state index >= 15 is 0 Å². The molecular weight excluding hydrogens is 244 g/mol. The molecule has 9 nitrogen and oxygen atoms in total. The number of hydrogen-bond acceptors (Lipinski definition) is 5. The zero-order valence-corrected chi connectivity index (χ0v) is 9.80. The Kier molecular flexibility index (Phi) is 6.35. The van der Waals surface area contributed by atoms with E-state index in [1.54, 1.807) is 0 Å². The average molecular weight is 260 g/mol. The maximum absolute atomic E-state index is 11.3. The van der Waals surface area contributed by atoms with Gasteiger partial charge in [-0.25, -0.2) is 0 Å². The first-order valence-corrected chi connectivity index (χ1v) is 5.07. The first-order chi connectivity index (χ1) is 8.23. The molecule has 18 heavy (non-hydrogen) atoms. The molecular formula is C9H16N4O5. The SMILES string of the molecule is C[C@H](N)C(=O)NCC(=O)N[C@@H](CC(=O)O)C(N)=O. The van der Waals surface area contributed by atoms with Crippen LogP contribution in [0.5, 0.6) is 0 Å². The Bertz CT molecular complexity index is 355. The van der Waals surface area contributed by atoms with Crippen molar-refractivity contribution in [2.24, 2.45) is 11.5 Å². The molecule has 0 aliphatic carbocycles. The smallest absolute Gasteiger partial charge is 0.305 e. The molecule has 0 aromatic carbocycles. The highest BCUT2D eigenvalue weighted by Gasteiger charge is 2.21. The number of hydrogen-bond donors (Lipinski definition) is 5. The topological polar surface area (TPSA) is 165 Å². The van der Waals surface area contributed by atoms with Crippen LogP contribution in [0, 0.1) is 0 Å². The van der Waals surface area contributed by atoms with E-state index in [1.807, 2.05) is 0 Å². The standard InChI is InChI=1S/C9H16N4O5/c1-4(10)9(18)12-3-6(14)13-5(8(11)17)2-7(15)16/h4-5H,2-3,10H2,1H3,(H2,11,17)(H,12,18)(H,13,14)(H,15,16)/t4-,5-/m0/s1. The van der Waals surface area contributed by atoms with E-state index in [1.165, 1.54) is 6.92 Å². The number of amides is 3. The summed E-state index contributed by atoms with van der Waals surface area (Å²) in [6, 6.07) is -2.09. The van der Waals surface area contributed by atoms with Gasteiger partial charge in [0.2, 0.25) is 17.7 Å². The highest BCUT2D eigenvalue weighted by molar-refractivity contribution is 5.92. The fourth-order valence-corrected chi connectivity index (χ4v) is 0.971. The van der Waals surface area contributed by atoms with Crippen LogP contribution in [0.3, 0.4) is 0 Å². The summed E-state index contributed by atoms with van der Waals surface area (Å²) in [5, 5.41) is 12.8. The zero-order chi connectivity index (χ0) is 14.3. The van der Waals surface area contributed by atoms with E-state index in [-0.39, 0.29) is 0 Å². The average Bonchev–Trinajstić information content (AvgIpc) is 2.23. The van der Waals surface area contributed by atoms with Crippen LogP contribution >= 0.6 is 0 Å². The Morgan fingerprint density at radius 2 is 1.83 bits per heavy atom. The lowest BCUT2D eigenvalue weighted by Gasteiger charge is -2.14. The van der Waals surface area contributed by atoms with Gasteiger partial charge in [-0.05, 0) is 6.92 Å². The number of rotatable bonds is 7. The molecule has 0 saturated carbocycles. The van der Waals surface area contributed by atoms with Gasteiger partial charge < -0.3 is 27.2 Å². The van der Waals surface area contributed by atoms with Crippen LogP contribution in [-0.4, -0.2) is 47.4 Å². The maximum Gasteiger partial charge on any atom is 0.305 e. The van der Waals surface area contributed by atoms with E-state index in [4.69, 9.17) is 16.6 Å². The van der Waals surface area contributed by atoms with Gasteiger partial charge in [-0.2, -0.15) is 0 Å². The molecule has 0 radical (unpaired) electrons. The van der Waals surface area contributed by atoms with Gasteiger partial charge in [0.15, 0.2) is 0 Å². The summed E-state index contributed by atoms with van der Waals surface area (Å²) in [5.74, 6) is -3.52. The molecule has 102 valence electrons. The van der Waals surface area contributed by atoms with Gasteiger partial charge in [0.1, 0.15) is 6.04 Å². The van der Waals surface area contributed by atoms with Crippen molar-refractivity contribution in [1.82, 2.24) is 10.6 Å². The zero-order valence-electron chi connectivity index (χ0n) is 9.80.